The molecule has 0 bridgehead atoms. The maximum Gasteiger partial charge on any atom is 0.183 e. The first-order valence-electron chi connectivity index (χ1n) is 12.7. The summed E-state index contributed by atoms with van der Waals surface area (Å²) in [4.78, 5) is 20.7. The number of H-pyrrole nitrogens is 2. The molecule has 6 nitrogen and oxygen atoms in total. The lowest BCUT2D eigenvalue weighted by Crippen LogP contribution is -2.20. The van der Waals surface area contributed by atoms with Gasteiger partial charge in [0, 0.05) is 0 Å². The van der Waals surface area contributed by atoms with E-state index in [9.17, 15) is 0 Å². The molecule has 0 aliphatic carbocycles. The largest absolute Gasteiger partial charge is 0.345 e. The van der Waals surface area contributed by atoms with Crippen LogP contribution in [-0.2, 0) is 6.42 Å². The van der Waals surface area contributed by atoms with Gasteiger partial charge in [-0.25, -0.2) is 9.97 Å². The molecule has 2 radical (unpaired) electrons. The molecule has 2 fully saturated rings. The van der Waals surface area contributed by atoms with Crippen molar-refractivity contribution in [2.45, 2.75) is 44.2 Å². The molecule has 7 heteroatoms. The quantitative estimate of drug-likeness (QED) is 0.387. The number of hydrogen-bond acceptors (Lipinski definition) is 4. The molecule has 0 spiro atoms. The molecule has 0 amide bonds. The van der Waals surface area contributed by atoms with Crippen LogP contribution in [0.3, 0.4) is 0 Å². The number of imidazole rings is 2. The average Bonchev–Trinajstić information content (AvgIpc) is 3.66. The molecule has 2 atom stereocenters. The zero-order valence-electron chi connectivity index (χ0n) is 20.2. The Balaban J connectivity index is 1.10. The SMILES string of the molecule is [B]N1CCC[C@H]1c1nc2ccc(CC=Cc3ccc(-c4cnc([C@@H]5CCCN5C)[nH]4)cc3)cc2[nH]1. The highest BCUT2D eigenvalue weighted by Crippen LogP contribution is 2.31. The predicted molar refractivity (Wildman–Crippen MR) is 142 cm³/mol. The van der Waals surface area contributed by atoms with Crippen LogP contribution in [0.25, 0.3) is 28.4 Å². The van der Waals surface area contributed by atoms with Crippen LogP contribution >= 0.6 is 0 Å². The van der Waals surface area contributed by atoms with Gasteiger partial charge in [-0.2, -0.15) is 0 Å². The summed E-state index contributed by atoms with van der Waals surface area (Å²) in [7, 11) is 8.29. The number of nitrogens with one attached hydrogen (secondary N) is 2. The van der Waals surface area contributed by atoms with Crippen molar-refractivity contribution in [1.82, 2.24) is 29.6 Å². The third kappa shape index (κ3) is 4.58. The Kier molecular flexibility index (Phi) is 6.04. The van der Waals surface area contributed by atoms with Gasteiger partial charge in [0.05, 0.1) is 35.0 Å². The molecule has 4 heterocycles. The van der Waals surface area contributed by atoms with E-state index < -0.39 is 0 Å². The van der Waals surface area contributed by atoms with Crippen LogP contribution in [0.4, 0.5) is 0 Å². The number of hydrogen-bond donors (Lipinski definition) is 2. The first-order valence-corrected chi connectivity index (χ1v) is 12.7. The van der Waals surface area contributed by atoms with Crippen LogP contribution in [0.15, 0.2) is 54.7 Å². The first kappa shape index (κ1) is 22.3. The van der Waals surface area contributed by atoms with E-state index in [0.717, 1.165) is 60.7 Å². The highest BCUT2D eigenvalue weighted by atomic mass is 15.2. The van der Waals surface area contributed by atoms with Crippen LogP contribution in [0, 0.1) is 0 Å². The van der Waals surface area contributed by atoms with E-state index in [1.54, 1.807) is 0 Å². The van der Waals surface area contributed by atoms with Gasteiger partial charge in [-0.15, -0.1) is 0 Å². The van der Waals surface area contributed by atoms with Crippen molar-refractivity contribution in [3.05, 3.63) is 77.5 Å². The molecule has 35 heavy (non-hydrogen) atoms. The lowest BCUT2D eigenvalue weighted by Gasteiger charge is -2.16. The van der Waals surface area contributed by atoms with Gasteiger partial charge in [-0.05, 0) is 81.1 Å². The minimum atomic E-state index is 0.200. The van der Waals surface area contributed by atoms with Gasteiger partial charge >= 0.3 is 0 Å². The van der Waals surface area contributed by atoms with E-state index in [1.807, 2.05) is 11.0 Å². The zero-order valence-corrected chi connectivity index (χ0v) is 20.2. The summed E-state index contributed by atoms with van der Waals surface area (Å²) in [6.45, 7) is 2.08. The molecule has 2 aliphatic rings. The second-order valence-corrected chi connectivity index (χ2v) is 9.92. The molecule has 176 valence electrons. The number of fused-ring (bicyclic) bond motifs is 1. The fourth-order valence-corrected chi connectivity index (χ4v) is 5.46. The molecule has 4 aromatic rings. The Morgan fingerprint density at radius 2 is 1.83 bits per heavy atom. The van der Waals surface area contributed by atoms with E-state index in [0.29, 0.717) is 6.04 Å². The van der Waals surface area contributed by atoms with Crippen molar-refractivity contribution in [1.29, 1.82) is 0 Å². The highest BCUT2D eigenvalue weighted by molar-refractivity contribution is 6.04. The number of rotatable bonds is 6. The lowest BCUT2D eigenvalue weighted by molar-refractivity contribution is 0.307. The summed E-state index contributed by atoms with van der Waals surface area (Å²) < 4.78 is 0. The maximum absolute atomic E-state index is 6.12. The van der Waals surface area contributed by atoms with Gasteiger partial charge in [0.1, 0.15) is 11.6 Å². The molecule has 0 saturated carbocycles. The standard InChI is InChI=1S/C28H31BN6/c1-34-15-3-7-25(34)27-30-18-24(33-27)21-12-9-19(10-13-21)5-2-6-20-11-14-22-23(17-20)32-28(31-22)26-8-4-16-35(26)29/h2,5,9-14,17-18,25-26H,3-4,6-8,15-16H2,1H3,(H,30,33)(H,31,32)/t25-,26-/m0/s1. The molecule has 2 N–H and O–H groups in total. The third-order valence-electron chi connectivity index (χ3n) is 7.49. The number of aromatic amines is 2. The van der Waals surface area contributed by atoms with Crippen molar-refractivity contribution in [3.63, 3.8) is 0 Å². The molecular formula is C28H31BN6. The normalized spacial score (nSPS) is 21.6. The summed E-state index contributed by atoms with van der Waals surface area (Å²) in [5.74, 6) is 2.06. The van der Waals surface area contributed by atoms with Crippen LogP contribution in [0.1, 0.15) is 60.5 Å². The first-order chi connectivity index (χ1) is 17.1. The van der Waals surface area contributed by atoms with Gasteiger partial charge in [0.15, 0.2) is 7.98 Å². The van der Waals surface area contributed by atoms with Crippen LogP contribution in [0.5, 0.6) is 0 Å². The van der Waals surface area contributed by atoms with Crippen LogP contribution < -0.4 is 0 Å². The van der Waals surface area contributed by atoms with Crippen molar-refractivity contribution in [2.75, 3.05) is 20.1 Å². The monoisotopic (exact) mass is 462 g/mol. The summed E-state index contributed by atoms with van der Waals surface area (Å²) in [6, 6.07) is 15.7. The lowest BCUT2D eigenvalue weighted by atomic mass is 10.1. The second-order valence-electron chi connectivity index (χ2n) is 9.92. The number of benzene rings is 2. The summed E-state index contributed by atoms with van der Waals surface area (Å²) in [5, 5.41) is 0. The van der Waals surface area contributed by atoms with Crippen molar-refractivity contribution in [3.8, 4) is 11.3 Å². The van der Waals surface area contributed by atoms with E-state index in [1.165, 1.54) is 29.5 Å². The Labute approximate surface area is 207 Å². The second kappa shape index (κ2) is 9.48. The van der Waals surface area contributed by atoms with E-state index in [2.05, 4.69) is 81.5 Å². The van der Waals surface area contributed by atoms with Crippen molar-refractivity contribution in [2.24, 2.45) is 0 Å². The van der Waals surface area contributed by atoms with E-state index >= 15 is 0 Å². The Morgan fingerprint density at radius 1 is 1.00 bits per heavy atom. The van der Waals surface area contributed by atoms with Gasteiger partial charge in [0.25, 0.3) is 0 Å². The fraction of sp³-hybridized carbons (Fsp3) is 0.357. The van der Waals surface area contributed by atoms with E-state index in [-0.39, 0.29) is 6.04 Å². The number of aromatic nitrogens is 4. The molecule has 2 saturated heterocycles. The average molecular weight is 462 g/mol. The third-order valence-corrected chi connectivity index (χ3v) is 7.49. The Bertz CT molecular complexity index is 1340. The number of likely N-dealkylation sites (tertiary alicyclic amines) is 1. The minimum Gasteiger partial charge on any atom is -0.345 e. The molecule has 6 rings (SSSR count). The van der Waals surface area contributed by atoms with Crippen LogP contribution in [-0.4, -0.2) is 57.8 Å². The van der Waals surface area contributed by atoms with Gasteiger partial charge in [-0.3, -0.25) is 4.90 Å². The smallest absolute Gasteiger partial charge is 0.183 e. The topological polar surface area (TPSA) is 63.8 Å². The predicted octanol–water partition coefficient (Wildman–Crippen LogP) is 5.20. The van der Waals surface area contributed by atoms with Gasteiger partial charge in [-0.1, -0.05) is 42.5 Å². The molecule has 2 aromatic heterocycles. The summed E-state index contributed by atoms with van der Waals surface area (Å²) in [5.41, 5.74) is 6.79. The number of allylic oxidation sites excluding steroid dienone is 1. The van der Waals surface area contributed by atoms with Crippen LogP contribution in [0.2, 0.25) is 0 Å². The minimum absolute atomic E-state index is 0.200. The summed E-state index contributed by atoms with van der Waals surface area (Å²) in [6.07, 6.45) is 11.8. The highest BCUT2D eigenvalue weighted by Gasteiger charge is 2.26. The van der Waals surface area contributed by atoms with Crippen molar-refractivity contribution < 1.29 is 0 Å². The fourth-order valence-electron chi connectivity index (χ4n) is 5.46. The Morgan fingerprint density at radius 3 is 2.60 bits per heavy atom. The van der Waals surface area contributed by atoms with Crippen molar-refractivity contribution >= 4 is 25.1 Å². The Hall–Kier alpha value is -3.16. The summed E-state index contributed by atoms with van der Waals surface area (Å²) >= 11 is 0. The molecule has 2 aromatic carbocycles. The molecule has 0 unspecified atom stereocenters. The number of nitrogens with zero attached hydrogens (tertiary/aromatic N) is 4. The maximum atomic E-state index is 6.12. The zero-order chi connectivity index (χ0) is 23.8. The van der Waals surface area contributed by atoms with Gasteiger partial charge < -0.3 is 14.8 Å². The van der Waals surface area contributed by atoms with Gasteiger partial charge in [0.2, 0.25) is 0 Å². The van der Waals surface area contributed by atoms with E-state index in [4.69, 9.17) is 13.0 Å². The molecule has 2 aliphatic heterocycles. The molecular weight excluding hydrogens is 431 g/mol.